The van der Waals surface area contributed by atoms with E-state index in [-0.39, 0.29) is 17.7 Å². The van der Waals surface area contributed by atoms with Gasteiger partial charge in [-0.1, -0.05) is 36.4 Å². The number of carbonyl (C=O) groups is 2. The lowest BCUT2D eigenvalue weighted by atomic mass is 9.71. The number of amides is 2. The van der Waals surface area contributed by atoms with Crippen molar-refractivity contribution in [2.75, 3.05) is 6.54 Å². The summed E-state index contributed by atoms with van der Waals surface area (Å²) in [4.78, 5) is 26.0. The van der Waals surface area contributed by atoms with Crippen LogP contribution in [0, 0.1) is 5.92 Å². The molecule has 0 aliphatic carbocycles. The molecule has 4 heteroatoms. The Bertz CT molecular complexity index is 540. The summed E-state index contributed by atoms with van der Waals surface area (Å²) in [6, 6.07) is 9.74. The third kappa shape index (κ3) is 1.52. The van der Waals surface area contributed by atoms with Gasteiger partial charge in [0.15, 0.2) is 0 Å². The molecule has 1 aromatic carbocycles. The van der Waals surface area contributed by atoms with Crippen molar-refractivity contribution < 1.29 is 9.59 Å². The molecule has 2 saturated heterocycles. The Kier molecular flexibility index (Phi) is 2.66. The zero-order chi connectivity index (χ0) is 13.5. The second-order valence-electron chi connectivity index (χ2n) is 5.05. The predicted molar refractivity (Wildman–Crippen MR) is 71.0 cm³/mol. The van der Waals surface area contributed by atoms with Crippen LogP contribution in [0.1, 0.15) is 12.0 Å². The first-order valence-corrected chi connectivity index (χ1v) is 6.46. The third-order valence-corrected chi connectivity index (χ3v) is 4.13. The van der Waals surface area contributed by atoms with Crippen molar-refractivity contribution >= 4 is 11.8 Å². The molecular formula is C15H16N2O2. The van der Waals surface area contributed by atoms with Crippen LogP contribution in [0.25, 0.3) is 0 Å². The number of carbonyl (C=O) groups excluding carboxylic acids is 2. The van der Waals surface area contributed by atoms with Crippen LogP contribution in [-0.2, 0) is 16.1 Å². The van der Waals surface area contributed by atoms with Gasteiger partial charge in [-0.05, 0) is 12.0 Å². The molecule has 2 amide bonds. The number of β-lactam (4-membered cyclic amide) rings is 1. The molecule has 19 heavy (non-hydrogen) atoms. The van der Waals surface area contributed by atoms with Gasteiger partial charge in [-0.2, -0.15) is 0 Å². The first kappa shape index (κ1) is 12.0. The number of hydrogen-bond acceptors (Lipinski definition) is 2. The first-order chi connectivity index (χ1) is 9.20. The minimum absolute atomic E-state index is 0.00379. The summed E-state index contributed by atoms with van der Waals surface area (Å²) in [5.74, 6) is -0.428. The van der Waals surface area contributed by atoms with Gasteiger partial charge in [0.05, 0.1) is 5.92 Å². The van der Waals surface area contributed by atoms with Gasteiger partial charge in [-0.25, -0.2) is 0 Å². The van der Waals surface area contributed by atoms with Crippen LogP contribution in [0.3, 0.4) is 0 Å². The molecule has 2 aliphatic heterocycles. The van der Waals surface area contributed by atoms with E-state index in [4.69, 9.17) is 0 Å². The number of rotatable bonds is 3. The van der Waals surface area contributed by atoms with Crippen LogP contribution >= 0.6 is 0 Å². The Morgan fingerprint density at radius 2 is 2.11 bits per heavy atom. The van der Waals surface area contributed by atoms with Crippen molar-refractivity contribution in [3.05, 3.63) is 48.6 Å². The van der Waals surface area contributed by atoms with Gasteiger partial charge in [0, 0.05) is 13.1 Å². The molecule has 4 nitrogen and oxygen atoms in total. The van der Waals surface area contributed by atoms with Crippen LogP contribution < -0.4 is 5.32 Å². The fourth-order valence-electron chi connectivity index (χ4n) is 3.14. The summed E-state index contributed by atoms with van der Waals surface area (Å²) in [6.07, 6.45) is 2.27. The van der Waals surface area contributed by atoms with Crippen LogP contribution in [0.2, 0.25) is 0 Å². The van der Waals surface area contributed by atoms with E-state index in [9.17, 15) is 9.59 Å². The maximum Gasteiger partial charge on any atom is 0.247 e. The van der Waals surface area contributed by atoms with E-state index in [1.165, 1.54) is 0 Å². The second-order valence-corrected chi connectivity index (χ2v) is 5.05. The highest BCUT2D eigenvalue weighted by molar-refractivity contribution is 6.05. The second kappa shape index (κ2) is 4.23. The lowest BCUT2D eigenvalue weighted by Gasteiger charge is -2.53. The Morgan fingerprint density at radius 3 is 2.68 bits per heavy atom. The molecular weight excluding hydrogens is 240 g/mol. The van der Waals surface area contributed by atoms with E-state index >= 15 is 0 Å². The Hall–Kier alpha value is -2.10. The summed E-state index contributed by atoms with van der Waals surface area (Å²) in [6.45, 7) is 4.81. The fraction of sp³-hybridized carbons (Fsp3) is 0.333. The highest BCUT2D eigenvalue weighted by Gasteiger charge is 2.64. The molecule has 2 atom stereocenters. The predicted octanol–water partition coefficient (Wildman–Crippen LogP) is 1.09. The minimum atomic E-state index is -0.700. The molecule has 0 bridgehead atoms. The SMILES string of the molecule is C=C[C@H]1C(=O)N(Cc2ccccc2)[C@]12CCNC2=O. The van der Waals surface area contributed by atoms with E-state index < -0.39 is 5.54 Å². The van der Waals surface area contributed by atoms with Crippen molar-refractivity contribution in [3.8, 4) is 0 Å². The fourth-order valence-corrected chi connectivity index (χ4v) is 3.14. The van der Waals surface area contributed by atoms with Gasteiger partial charge < -0.3 is 10.2 Å². The molecule has 0 aromatic heterocycles. The van der Waals surface area contributed by atoms with Crippen molar-refractivity contribution in [2.24, 2.45) is 5.92 Å². The van der Waals surface area contributed by atoms with Gasteiger partial charge in [-0.3, -0.25) is 9.59 Å². The molecule has 2 fully saturated rings. The summed E-state index contributed by atoms with van der Waals surface area (Å²) in [7, 11) is 0. The van der Waals surface area contributed by atoms with Crippen molar-refractivity contribution in [1.82, 2.24) is 10.2 Å². The summed E-state index contributed by atoms with van der Waals surface area (Å²) < 4.78 is 0. The number of likely N-dealkylation sites (tertiary alicyclic amines) is 1. The van der Waals surface area contributed by atoms with Crippen molar-refractivity contribution in [2.45, 2.75) is 18.5 Å². The maximum atomic E-state index is 12.2. The molecule has 0 saturated carbocycles. The van der Waals surface area contributed by atoms with Crippen molar-refractivity contribution in [1.29, 1.82) is 0 Å². The number of hydrogen-bond donors (Lipinski definition) is 1. The molecule has 1 N–H and O–H groups in total. The van der Waals surface area contributed by atoms with Gasteiger partial charge in [0.1, 0.15) is 5.54 Å². The highest BCUT2D eigenvalue weighted by atomic mass is 16.2. The first-order valence-electron chi connectivity index (χ1n) is 6.46. The molecule has 2 aliphatic rings. The van der Waals surface area contributed by atoms with Gasteiger partial charge in [0.2, 0.25) is 11.8 Å². The molecule has 3 rings (SSSR count). The summed E-state index contributed by atoms with van der Waals surface area (Å²) in [5, 5.41) is 2.83. The molecule has 1 aromatic rings. The maximum absolute atomic E-state index is 12.2. The van der Waals surface area contributed by atoms with Gasteiger partial charge in [0.25, 0.3) is 0 Å². The van der Waals surface area contributed by atoms with E-state index in [1.807, 2.05) is 30.3 Å². The lowest BCUT2D eigenvalue weighted by Crippen LogP contribution is -2.72. The van der Waals surface area contributed by atoms with E-state index in [0.717, 1.165) is 5.56 Å². The van der Waals surface area contributed by atoms with Crippen LogP contribution in [-0.4, -0.2) is 28.8 Å². The highest BCUT2D eigenvalue weighted by Crippen LogP contribution is 2.44. The number of nitrogens with zero attached hydrogens (tertiary/aromatic N) is 1. The lowest BCUT2D eigenvalue weighted by molar-refractivity contribution is -0.173. The largest absolute Gasteiger partial charge is 0.354 e. The topological polar surface area (TPSA) is 49.4 Å². The van der Waals surface area contributed by atoms with E-state index in [0.29, 0.717) is 19.5 Å². The number of nitrogens with one attached hydrogen (secondary N) is 1. The smallest absolute Gasteiger partial charge is 0.247 e. The van der Waals surface area contributed by atoms with Crippen LogP contribution in [0.15, 0.2) is 43.0 Å². The quantitative estimate of drug-likeness (QED) is 0.650. The molecule has 0 unspecified atom stereocenters. The monoisotopic (exact) mass is 256 g/mol. The van der Waals surface area contributed by atoms with Crippen molar-refractivity contribution in [3.63, 3.8) is 0 Å². The van der Waals surface area contributed by atoms with E-state index in [2.05, 4.69) is 11.9 Å². The standard InChI is InChI=1S/C15H16N2O2/c1-2-12-13(18)17(10-11-6-4-3-5-7-11)15(12)8-9-16-14(15)19/h2-7,12H,1,8-10H2,(H,16,19)/t12-,15+/m0/s1. The van der Waals surface area contributed by atoms with Crippen LogP contribution in [0.4, 0.5) is 0 Å². The minimum Gasteiger partial charge on any atom is -0.354 e. The van der Waals surface area contributed by atoms with Gasteiger partial charge >= 0.3 is 0 Å². The zero-order valence-corrected chi connectivity index (χ0v) is 10.6. The normalized spacial score (nSPS) is 29.3. The average molecular weight is 256 g/mol. The average Bonchev–Trinajstić information content (AvgIpc) is 2.82. The summed E-state index contributed by atoms with van der Waals surface area (Å²) in [5.41, 5.74) is 0.340. The zero-order valence-electron chi connectivity index (χ0n) is 10.6. The van der Waals surface area contributed by atoms with E-state index in [1.54, 1.807) is 11.0 Å². The molecule has 1 spiro atoms. The molecule has 0 radical (unpaired) electrons. The Balaban J connectivity index is 1.90. The Morgan fingerprint density at radius 1 is 1.37 bits per heavy atom. The molecule has 98 valence electrons. The summed E-state index contributed by atoms with van der Waals surface area (Å²) >= 11 is 0. The Labute approximate surface area is 112 Å². The van der Waals surface area contributed by atoms with Gasteiger partial charge in [-0.15, -0.1) is 6.58 Å². The third-order valence-electron chi connectivity index (χ3n) is 4.13. The number of benzene rings is 1. The van der Waals surface area contributed by atoms with Crippen LogP contribution in [0.5, 0.6) is 0 Å². The molecule has 2 heterocycles.